The average Bonchev–Trinajstić information content (AvgIpc) is 2.49. The number of ether oxygens (including phenoxy) is 1. The maximum atomic E-state index is 11.3. The van der Waals surface area contributed by atoms with Gasteiger partial charge in [-0.2, -0.15) is 0 Å². The van der Waals surface area contributed by atoms with Gasteiger partial charge in [-0.15, -0.1) is 0 Å². The van der Waals surface area contributed by atoms with Gasteiger partial charge in [-0.3, -0.25) is 4.79 Å². The van der Waals surface area contributed by atoms with Crippen LogP contribution in [0.2, 0.25) is 0 Å². The van der Waals surface area contributed by atoms with Crippen LogP contribution in [0, 0.1) is 5.92 Å². The molecule has 0 fully saturated rings. The number of amides is 1. The largest absolute Gasteiger partial charge is 0.492 e. The van der Waals surface area contributed by atoms with E-state index in [4.69, 9.17) is 10.5 Å². The quantitative estimate of drug-likeness (QED) is 0.608. The second kappa shape index (κ2) is 10.3. The van der Waals surface area contributed by atoms with Crippen molar-refractivity contribution in [2.75, 3.05) is 6.61 Å². The maximum absolute atomic E-state index is 11.3. The number of primary amides is 1. The highest BCUT2D eigenvalue weighted by molar-refractivity contribution is 5.95. The van der Waals surface area contributed by atoms with Gasteiger partial charge in [-0.25, -0.2) is 0 Å². The summed E-state index contributed by atoms with van der Waals surface area (Å²) in [6.07, 6.45) is 9.07. The molecule has 1 rings (SSSR count). The second-order valence-corrected chi connectivity index (χ2v) is 5.83. The lowest BCUT2D eigenvalue weighted by molar-refractivity contribution is 0.0995. The van der Waals surface area contributed by atoms with Gasteiger partial charge in [0.05, 0.1) is 12.2 Å². The molecule has 118 valence electrons. The first-order chi connectivity index (χ1) is 10.1. The van der Waals surface area contributed by atoms with Gasteiger partial charge in [-0.05, 0) is 24.5 Å². The van der Waals surface area contributed by atoms with Crippen molar-refractivity contribution in [3.63, 3.8) is 0 Å². The lowest BCUT2D eigenvalue weighted by Crippen LogP contribution is -2.15. The minimum absolute atomic E-state index is 0.436. The SMILES string of the molecule is CCCCCCCCC(C)COc1ccccc1C(N)=O. The summed E-state index contributed by atoms with van der Waals surface area (Å²) in [6.45, 7) is 5.07. The molecule has 2 N–H and O–H groups in total. The van der Waals surface area contributed by atoms with E-state index in [1.54, 1.807) is 18.2 Å². The number of para-hydroxylation sites is 1. The number of hydrogen-bond acceptors (Lipinski definition) is 2. The van der Waals surface area contributed by atoms with Crippen LogP contribution in [0.15, 0.2) is 24.3 Å². The topological polar surface area (TPSA) is 52.3 Å². The molecule has 1 aromatic carbocycles. The van der Waals surface area contributed by atoms with Gasteiger partial charge in [-0.1, -0.05) is 64.5 Å². The van der Waals surface area contributed by atoms with E-state index >= 15 is 0 Å². The molecule has 0 aliphatic carbocycles. The minimum Gasteiger partial charge on any atom is -0.492 e. The first kappa shape index (κ1) is 17.5. The Morgan fingerprint density at radius 2 is 1.81 bits per heavy atom. The number of carbonyl (C=O) groups is 1. The number of nitrogens with two attached hydrogens (primary N) is 1. The fourth-order valence-electron chi connectivity index (χ4n) is 2.38. The van der Waals surface area contributed by atoms with Crippen LogP contribution in [0.1, 0.15) is 69.2 Å². The third-order valence-electron chi connectivity index (χ3n) is 3.73. The van der Waals surface area contributed by atoms with E-state index < -0.39 is 5.91 Å². The van der Waals surface area contributed by atoms with E-state index in [-0.39, 0.29) is 0 Å². The van der Waals surface area contributed by atoms with Gasteiger partial charge in [0.1, 0.15) is 5.75 Å². The van der Waals surface area contributed by atoms with E-state index in [9.17, 15) is 4.79 Å². The fraction of sp³-hybridized carbons (Fsp3) is 0.611. The van der Waals surface area contributed by atoms with Gasteiger partial charge in [0, 0.05) is 0 Å². The Labute approximate surface area is 128 Å². The Hall–Kier alpha value is -1.51. The molecule has 0 radical (unpaired) electrons. The predicted octanol–water partition coefficient (Wildman–Crippen LogP) is 4.55. The summed E-state index contributed by atoms with van der Waals surface area (Å²) >= 11 is 0. The van der Waals surface area contributed by atoms with Crippen LogP contribution < -0.4 is 10.5 Å². The summed E-state index contributed by atoms with van der Waals surface area (Å²) in [5.41, 5.74) is 5.80. The fourth-order valence-corrected chi connectivity index (χ4v) is 2.38. The molecule has 3 heteroatoms. The number of hydrogen-bond donors (Lipinski definition) is 1. The molecular weight excluding hydrogens is 262 g/mol. The van der Waals surface area contributed by atoms with Crippen LogP contribution >= 0.6 is 0 Å². The standard InChI is InChI=1S/C18H29NO2/c1-3-4-5-6-7-8-11-15(2)14-21-17-13-10-9-12-16(17)18(19)20/h9-10,12-13,15H,3-8,11,14H2,1-2H3,(H2,19,20). The lowest BCUT2D eigenvalue weighted by Gasteiger charge is -2.14. The van der Waals surface area contributed by atoms with Crippen LogP contribution in [0.25, 0.3) is 0 Å². The first-order valence-electron chi connectivity index (χ1n) is 8.16. The molecule has 1 atom stereocenters. The Morgan fingerprint density at radius 1 is 1.14 bits per heavy atom. The van der Waals surface area contributed by atoms with Crippen molar-refractivity contribution in [1.82, 2.24) is 0 Å². The molecule has 0 aromatic heterocycles. The molecule has 0 saturated heterocycles. The van der Waals surface area contributed by atoms with Crippen molar-refractivity contribution in [2.24, 2.45) is 11.7 Å². The summed E-state index contributed by atoms with van der Waals surface area (Å²) in [5, 5.41) is 0. The molecular formula is C18H29NO2. The Bertz CT molecular complexity index is 417. The van der Waals surface area contributed by atoms with Crippen molar-refractivity contribution in [3.8, 4) is 5.75 Å². The van der Waals surface area contributed by atoms with Gasteiger partial charge in [0.2, 0.25) is 0 Å². The smallest absolute Gasteiger partial charge is 0.252 e. The summed E-state index contributed by atoms with van der Waals surface area (Å²) in [4.78, 5) is 11.3. The van der Waals surface area contributed by atoms with Crippen LogP contribution in [0.5, 0.6) is 5.75 Å². The van der Waals surface area contributed by atoms with Crippen molar-refractivity contribution < 1.29 is 9.53 Å². The van der Waals surface area contributed by atoms with Crippen LogP contribution in [0.3, 0.4) is 0 Å². The average molecular weight is 291 g/mol. The van der Waals surface area contributed by atoms with Crippen molar-refractivity contribution in [2.45, 2.75) is 58.8 Å². The zero-order chi connectivity index (χ0) is 15.5. The molecule has 0 saturated carbocycles. The molecule has 0 heterocycles. The van der Waals surface area contributed by atoms with E-state index in [0.717, 1.165) is 0 Å². The number of carbonyl (C=O) groups excluding carboxylic acids is 1. The summed E-state index contributed by atoms with van der Waals surface area (Å²) in [6, 6.07) is 7.17. The molecule has 0 aliphatic heterocycles. The number of benzene rings is 1. The lowest BCUT2D eigenvalue weighted by atomic mass is 10.0. The van der Waals surface area contributed by atoms with Crippen LogP contribution in [-0.2, 0) is 0 Å². The summed E-state index contributed by atoms with van der Waals surface area (Å²) < 4.78 is 5.75. The summed E-state index contributed by atoms with van der Waals surface area (Å²) in [5.74, 6) is 0.658. The minimum atomic E-state index is -0.436. The Morgan fingerprint density at radius 3 is 2.52 bits per heavy atom. The van der Waals surface area contributed by atoms with Gasteiger partial charge in [0.25, 0.3) is 5.91 Å². The monoisotopic (exact) mass is 291 g/mol. The Balaban J connectivity index is 2.24. The van der Waals surface area contributed by atoms with Crippen molar-refractivity contribution >= 4 is 5.91 Å². The molecule has 0 aliphatic rings. The third kappa shape index (κ3) is 7.16. The molecule has 0 bridgehead atoms. The molecule has 0 spiro atoms. The summed E-state index contributed by atoms with van der Waals surface area (Å²) in [7, 11) is 0. The van der Waals surface area contributed by atoms with E-state index in [1.807, 2.05) is 6.07 Å². The highest BCUT2D eigenvalue weighted by Gasteiger charge is 2.10. The predicted molar refractivity (Wildman–Crippen MR) is 87.6 cm³/mol. The number of unbranched alkanes of at least 4 members (excludes halogenated alkanes) is 5. The van der Waals surface area contributed by atoms with Crippen molar-refractivity contribution in [3.05, 3.63) is 29.8 Å². The zero-order valence-corrected chi connectivity index (χ0v) is 13.4. The van der Waals surface area contributed by atoms with Gasteiger partial charge < -0.3 is 10.5 Å². The van der Waals surface area contributed by atoms with Gasteiger partial charge >= 0.3 is 0 Å². The highest BCUT2D eigenvalue weighted by Crippen LogP contribution is 2.19. The van der Waals surface area contributed by atoms with E-state index in [1.165, 1.54) is 44.9 Å². The van der Waals surface area contributed by atoms with Gasteiger partial charge in [0.15, 0.2) is 0 Å². The van der Waals surface area contributed by atoms with E-state index in [2.05, 4.69) is 13.8 Å². The van der Waals surface area contributed by atoms with Crippen molar-refractivity contribution in [1.29, 1.82) is 0 Å². The molecule has 1 aromatic rings. The van der Waals surface area contributed by atoms with Crippen LogP contribution in [0.4, 0.5) is 0 Å². The van der Waals surface area contributed by atoms with Crippen LogP contribution in [-0.4, -0.2) is 12.5 Å². The molecule has 1 amide bonds. The second-order valence-electron chi connectivity index (χ2n) is 5.83. The third-order valence-corrected chi connectivity index (χ3v) is 3.73. The molecule has 21 heavy (non-hydrogen) atoms. The first-order valence-corrected chi connectivity index (χ1v) is 8.16. The molecule has 3 nitrogen and oxygen atoms in total. The van der Waals surface area contributed by atoms with E-state index in [0.29, 0.717) is 23.8 Å². The highest BCUT2D eigenvalue weighted by atomic mass is 16.5. The maximum Gasteiger partial charge on any atom is 0.252 e. The Kier molecular flexibility index (Phi) is 8.56. The zero-order valence-electron chi connectivity index (χ0n) is 13.4. The number of rotatable bonds is 11. The normalized spacial score (nSPS) is 12.1. The molecule has 1 unspecified atom stereocenters.